The molecule has 0 atom stereocenters. The van der Waals surface area contributed by atoms with Gasteiger partial charge in [-0.1, -0.05) is 0 Å². The van der Waals surface area contributed by atoms with Crippen LogP contribution in [0.3, 0.4) is 0 Å². The summed E-state index contributed by atoms with van der Waals surface area (Å²) in [4.78, 5) is 22.9. The average Bonchev–Trinajstić information content (AvgIpc) is 2.30. The minimum atomic E-state index is -0.851. The van der Waals surface area contributed by atoms with Gasteiger partial charge in [-0.25, -0.2) is 0 Å². The van der Waals surface area contributed by atoms with Crippen molar-refractivity contribution in [2.45, 2.75) is 26.2 Å². The fraction of sp³-hybridized carbons (Fsp3) is 0.357. The monoisotopic (exact) mass is 257 g/mol. The molecule has 0 saturated heterocycles. The van der Waals surface area contributed by atoms with Crippen LogP contribution in [0.1, 0.15) is 26.2 Å². The number of nitrogens with one attached hydrogen (secondary N) is 2. The molecule has 0 bridgehead atoms. The molecular weight excluding hydrogens is 242 g/mol. The summed E-state index contributed by atoms with van der Waals surface area (Å²) in [5.41, 5.74) is 0.445. The number of benzene rings is 1. The van der Waals surface area contributed by atoms with E-state index >= 15 is 0 Å². The van der Waals surface area contributed by atoms with E-state index in [1.807, 2.05) is 0 Å². The molecule has 1 aromatic carbocycles. The second-order valence-corrected chi connectivity index (χ2v) is 4.76. The molecule has 0 aliphatic heterocycles. The number of nitriles is 1. The van der Waals surface area contributed by atoms with Gasteiger partial charge in [0.05, 0.1) is 6.07 Å². The molecule has 1 aliphatic rings. The molecule has 0 spiro atoms. The van der Waals surface area contributed by atoms with E-state index in [0.717, 1.165) is 6.42 Å². The van der Waals surface area contributed by atoms with Crippen LogP contribution >= 0.6 is 0 Å². The van der Waals surface area contributed by atoms with Crippen molar-refractivity contribution in [1.82, 2.24) is 0 Å². The Morgan fingerprint density at radius 1 is 1.16 bits per heavy atom. The summed E-state index contributed by atoms with van der Waals surface area (Å²) in [6.45, 7) is 1.43. The number of nitrogens with zero attached hydrogens (tertiary/aromatic N) is 1. The SMILES string of the molecule is CC(=O)Nc1ccc(NC(=O)C2(C#N)CCC2)cc1. The van der Waals surface area contributed by atoms with Crippen LogP contribution in [0.2, 0.25) is 0 Å². The molecule has 2 amide bonds. The van der Waals surface area contributed by atoms with E-state index in [4.69, 9.17) is 5.26 Å². The molecule has 5 heteroatoms. The van der Waals surface area contributed by atoms with Gasteiger partial charge in [0, 0.05) is 18.3 Å². The minimum Gasteiger partial charge on any atom is -0.326 e. The fourth-order valence-electron chi connectivity index (χ4n) is 2.01. The molecule has 2 N–H and O–H groups in total. The number of amides is 2. The number of anilines is 2. The Morgan fingerprint density at radius 2 is 1.68 bits per heavy atom. The van der Waals surface area contributed by atoms with Crippen molar-refractivity contribution in [3.05, 3.63) is 24.3 Å². The van der Waals surface area contributed by atoms with E-state index in [2.05, 4.69) is 16.7 Å². The second-order valence-electron chi connectivity index (χ2n) is 4.76. The fourth-order valence-corrected chi connectivity index (χ4v) is 2.01. The third-order valence-corrected chi connectivity index (χ3v) is 3.32. The van der Waals surface area contributed by atoms with Crippen molar-refractivity contribution >= 4 is 23.2 Å². The molecular formula is C14H15N3O2. The molecule has 1 saturated carbocycles. The molecule has 0 heterocycles. The highest BCUT2D eigenvalue weighted by Crippen LogP contribution is 2.41. The number of carbonyl (C=O) groups is 2. The standard InChI is InChI=1S/C14H15N3O2/c1-10(18)16-11-3-5-12(6-4-11)17-13(19)14(9-15)7-2-8-14/h3-6H,2,7-8H2,1H3,(H,16,18)(H,17,19). The molecule has 0 unspecified atom stereocenters. The van der Waals surface area contributed by atoms with E-state index in [9.17, 15) is 9.59 Å². The van der Waals surface area contributed by atoms with E-state index in [-0.39, 0.29) is 11.8 Å². The molecule has 2 rings (SSSR count). The third-order valence-electron chi connectivity index (χ3n) is 3.32. The largest absolute Gasteiger partial charge is 0.326 e. The van der Waals surface area contributed by atoms with E-state index < -0.39 is 5.41 Å². The summed E-state index contributed by atoms with van der Waals surface area (Å²) in [5, 5.41) is 14.5. The summed E-state index contributed by atoms with van der Waals surface area (Å²) in [7, 11) is 0. The maximum Gasteiger partial charge on any atom is 0.244 e. The maximum atomic E-state index is 12.0. The third kappa shape index (κ3) is 2.74. The first-order chi connectivity index (χ1) is 9.05. The van der Waals surface area contributed by atoms with E-state index in [1.165, 1.54) is 6.92 Å². The highest BCUT2D eigenvalue weighted by molar-refractivity contribution is 5.98. The number of hydrogen-bond acceptors (Lipinski definition) is 3. The number of rotatable bonds is 3. The van der Waals surface area contributed by atoms with E-state index in [1.54, 1.807) is 24.3 Å². The lowest BCUT2D eigenvalue weighted by atomic mass is 9.69. The Hall–Kier alpha value is -2.35. The van der Waals surface area contributed by atoms with Crippen LogP contribution in [0.4, 0.5) is 11.4 Å². The summed E-state index contributed by atoms with van der Waals surface area (Å²) in [6.07, 6.45) is 2.17. The lowest BCUT2D eigenvalue weighted by Gasteiger charge is -2.33. The van der Waals surface area contributed by atoms with Crippen molar-refractivity contribution in [2.24, 2.45) is 5.41 Å². The van der Waals surface area contributed by atoms with Crippen LogP contribution in [0.25, 0.3) is 0 Å². The highest BCUT2D eigenvalue weighted by Gasteiger charge is 2.44. The lowest BCUT2D eigenvalue weighted by molar-refractivity contribution is -0.126. The van der Waals surface area contributed by atoms with Gasteiger partial charge in [-0.2, -0.15) is 5.26 Å². The average molecular weight is 257 g/mol. The van der Waals surface area contributed by atoms with Crippen LogP contribution in [0.5, 0.6) is 0 Å². The first-order valence-corrected chi connectivity index (χ1v) is 6.16. The summed E-state index contributed by atoms with van der Waals surface area (Å²) < 4.78 is 0. The predicted molar refractivity (Wildman–Crippen MR) is 71.3 cm³/mol. The summed E-state index contributed by atoms with van der Waals surface area (Å²) in [6, 6.07) is 8.92. The molecule has 0 aromatic heterocycles. The second kappa shape index (κ2) is 5.11. The normalized spacial score (nSPS) is 15.8. The van der Waals surface area contributed by atoms with Crippen molar-refractivity contribution in [1.29, 1.82) is 5.26 Å². The number of carbonyl (C=O) groups excluding carboxylic acids is 2. The molecule has 1 fully saturated rings. The van der Waals surface area contributed by atoms with Crippen molar-refractivity contribution in [3.8, 4) is 6.07 Å². The lowest BCUT2D eigenvalue weighted by Crippen LogP contribution is -2.40. The Labute approximate surface area is 111 Å². The van der Waals surface area contributed by atoms with Gasteiger partial charge < -0.3 is 10.6 Å². The number of hydrogen-bond donors (Lipinski definition) is 2. The Kier molecular flexibility index (Phi) is 3.52. The molecule has 1 aliphatic carbocycles. The first kappa shape index (κ1) is 13.1. The molecule has 98 valence electrons. The van der Waals surface area contributed by atoms with Gasteiger partial charge in [0.1, 0.15) is 5.41 Å². The van der Waals surface area contributed by atoms with Crippen LogP contribution in [0.15, 0.2) is 24.3 Å². The van der Waals surface area contributed by atoms with Crippen molar-refractivity contribution in [2.75, 3.05) is 10.6 Å². The zero-order chi connectivity index (χ0) is 13.9. The minimum absolute atomic E-state index is 0.144. The zero-order valence-corrected chi connectivity index (χ0v) is 10.7. The first-order valence-electron chi connectivity index (χ1n) is 6.16. The zero-order valence-electron chi connectivity index (χ0n) is 10.7. The van der Waals surface area contributed by atoms with Crippen LogP contribution in [-0.2, 0) is 9.59 Å². The van der Waals surface area contributed by atoms with Gasteiger partial charge in [0.25, 0.3) is 0 Å². The molecule has 0 radical (unpaired) electrons. The van der Waals surface area contributed by atoms with Gasteiger partial charge in [-0.05, 0) is 43.5 Å². The van der Waals surface area contributed by atoms with Crippen LogP contribution in [0, 0.1) is 16.7 Å². The predicted octanol–water partition coefficient (Wildman–Crippen LogP) is 2.28. The smallest absolute Gasteiger partial charge is 0.244 e. The van der Waals surface area contributed by atoms with E-state index in [0.29, 0.717) is 24.2 Å². The van der Waals surface area contributed by atoms with Crippen molar-refractivity contribution in [3.63, 3.8) is 0 Å². The maximum absolute atomic E-state index is 12.0. The van der Waals surface area contributed by atoms with Crippen molar-refractivity contribution < 1.29 is 9.59 Å². The van der Waals surface area contributed by atoms with Gasteiger partial charge >= 0.3 is 0 Å². The molecule has 1 aromatic rings. The Balaban J connectivity index is 2.02. The Morgan fingerprint density at radius 3 is 2.05 bits per heavy atom. The van der Waals surface area contributed by atoms with Crippen LogP contribution < -0.4 is 10.6 Å². The quantitative estimate of drug-likeness (QED) is 0.871. The van der Waals surface area contributed by atoms with Crippen LogP contribution in [-0.4, -0.2) is 11.8 Å². The molecule has 19 heavy (non-hydrogen) atoms. The van der Waals surface area contributed by atoms with Gasteiger partial charge in [0.15, 0.2) is 0 Å². The van der Waals surface area contributed by atoms with Gasteiger partial charge in [-0.15, -0.1) is 0 Å². The highest BCUT2D eigenvalue weighted by atomic mass is 16.2. The topological polar surface area (TPSA) is 82.0 Å². The molecule has 5 nitrogen and oxygen atoms in total. The summed E-state index contributed by atoms with van der Waals surface area (Å²) >= 11 is 0. The van der Waals surface area contributed by atoms with Gasteiger partial charge in [0.2, 0.25) is 11.8 Å². The Bertz CT molecular complexity index is 539. The van der Waals surface area contributed by atoms with Gasteiger partial charge in [-0.3, -0.25) is 9.59 Å². The summed E-state index contributed by atoms with van der Waals surface area (Å²) in [5.74, 6) is -0.386.